The van der Waals surface area contributed by atoms with Crippen LogP contribution in [0.3, 0.4) is 0 Å². The van der Waals surface area contributed by atoms with Crippen LogP contribution in [0.5, 0.6) is 0 Å². The van der Waals surface area contributed by atoms with E-state index in [0.29, 0.717) is 30.5 Å². The molecule has 0 saturated carbocycles. The minimum atomic E-state index is 0.352. The van der Waals surface area contributed by atoms with Gasteiger partial charge in [0.15, 0.2) is 0 Å². The van der Waals surface area contributed by atoms with Crippen molar-refractivity contribution in [3.8, 4) is 0 Å². The fourth-order valence-electron chi connectivity index (χ4n) is 2.95. The molecule has 110 valence electrons. The smallest absolute Gasteiger partial charge is 0.120 e. The van der Waals surface area contributed by atoms with Crippen LogP contribution in [-0.4, -0.2) is 59.3 Å². The molecule has 0 aliphatic heterocycles. The summed E-state index contributed by atoms with van der Waals surface area (Å²) < 4.78 is 0. The molecule has 0 N–H and O–H groups in total. The zero-order valence-electron chi connectivity index (χ0n) is 14.2. The Morgan fingerprint density at radius 2 is 0.722 bits per heavy atom. The van der Waals surface area contributed by atoms with Crippen LogP contribution in [0.25, 0.3) is 0 Å². The van der Waals surface area contributed by atoms with Crippen molar-refractivity contribution >= 4 is 0 Å². The summed E-state index contributed by atoms with van der Waals surface area (Å²) in [5.41, 5.74) is 0. The summed E-state index contributed by atoms with van der Waals surface area (Å²) in [6.07, 6.45) is 0.352. The highest BCUT2D eigenvalue weighted by Crippen LogP contribution is 2.21. The zero-order valence-corrected chi connectivity index (χ0v) is 14.2. The first-order valence-electron chi connectivity index (χ1n) is 7.32. The highest BCUT2D eigenvalue weighted by atomic mass is 15.5. The molecule has 0 atom stereocenters. The van der Waals surface area contributed by atoms with Gasteiger partial charge in [-0.2, -0.15) is 0 Å². The lowest BCUT2D eigenvalue weighted by Crippen LogP contribution is -2.63. The van der Waals surface area contributed by atoms with Crippen LogP contribution in [0.1, 0.15) is 55.4 Å². The minimum absolute atomic E-state index is 0.352. The SMILES string of the molecule is CC(C)N(C(C)C)C(N(C)C)N(C(C)C)C(C)C. The summed E-state index contributed by atoms with van der Waals surface area (Å²) in [7, 11) is 4.36. The second-order valence-electron chi connectivity index (χ2n) is 6.58. The summed E-state index contributed by atoms with van der Waals surface area (Å²) in [5.74, 6) is 0. The maximum absolute atomic E-state index is 2.58. The summed E-state index contributed by atoms with van der Waals surface area (Å²) in [4.78, 5) is 7.50. The minimum Gasteiger partial charge on any atom is -0.282 e. The Labute approximate surface area is 115 Å². The number of rotatable bonds is 7. The van der Waals surface area contributed by atoms with Crippen LogP contribution >= 0.6 is 0 Å². The third-order valence-corrected chi connectivity index (χ3v) is 3.38. The standard InChI is InChI=1S/C15H35N3/c1-11(2)17(12(3)4)15(16(9)10)18(13(5)6)14(7)8/h11-15H,1-10H3. The predicted molar refractivity (Wildman–Crippen MR) is 81.7 cm³/mol. The van der Waals surface area contributed by atoms with Crippen molar-refractivity contribution in [1.82, 2.24) is 14.7 Å². The predicted octanol–water partition coefficient (Wildman–Crippen LogP) is 3.07. The van der Waals surface area contributed by atoms with Crippen LogP contribution in [0, 0.1) is 0 Å². The molecule has 0 saturated heterocycles. The third-order valence-electron chi connectivity index (χ3n) is 3.38. The van der Waals surface area contributed by atoms with E-state index in [-0.39, 0.29) is 0 Å². The van der Waals surface area contributed by atoms with Crippen molar-refractivity contribution in [2.75, 3.05) is 14.1 Å². The lowest BCUT2D eigenvalue weighted by atomic mass is 10.1. The van der Waals surface area contributed by atoms with Gasteiger partial charge in [-0.25, -0.2) is 0 Å². The molecule has 0 aromatic rings. The van der Waals surface area contributed by atoms with Crippen LogP contribution in [0.2, 0.25) is 0 Å². The van der Waals surface area contributed by atoms with Crippen molar-refractivity contribution in [1.29, 1.82) is 0 Å². The summed E-state index contributed by atoms with van der Waals surface area (Å²) in [5, 5.41) is 0. The molecule has 0 fully saturated rings. The normalized spacial score (nSPS) is 13.7. The molecule has 0 radical (unpaired) electrons. The molecule has 3 heteroatoms. The largest absolute Gasteiger partial charge is 0.282 e. The fourth-order valence-corrected chi connectivity index (χ4v) is 2.95. The molecular formula is C15H35N3. The summed E-state index contributed by atoms with van der Waals surface area (Å²) >= 11 is 0. The average molecular weight is 257 g/mol. The maximum Gasteiger partial charge on any atom is 0.120 e. The molecular weight excluding hydrogens is 222 g/mol. The van der Waals surface area contributed by atoms with Gasteiger partial charge in [0, 0.05) is 24.2 Å². The van der Waals surface area contributed by atoms with E-state index in [9.17, 15) is 0 Å². The molecule has 18 heavy (non-hydrogen) atoms. The molecule has 0 bridgehead atoms. The highest BCUT2D eigenvalue weighted by molar-refractivity contribution is 4.81. The van der Waals surface area contributed by atoms with E-state index in [0.717, 1.165) is 0 Å². The van der Waals surface area contributed by atoms with Crippen molar-refractivity contribution in [3.63, 3.8) is 0 Å². The second kappa shape index (κ2) is 7.46. The molecule has 0 aliphatic carbocycles. The molecule has 0 heterocycles. The topological polar surface area (TPSA) is 9.72 Å². The Bertz CT molecular complexity index is 186. The van der Waals surface area contributed by atoms with E-state index in [4.69, 9.17) is 0 Å². The Kier molecular flexibility index (Phi) is 7.41. The summed E-state index contributed by atoms with van der Waals surface area (Å²) in [6.45, 7) is 18.3. The number of hydrogen-bond acceptors (Lipinski definition) is 3. The first-order chi connectivity index (χ1) is 8.11. The lowest BCUT2D eigenvalue weighted by molar-refractivity contribution is -0.106. The van der Waals surface area contributed by atoms with Gasteiger partial charge in [0.25, 0.3) is 0 Å². The summed E-state index contributed by atoms with van der Waals surface area (Å²) in [6, 6.07) is 2.16. The van der Waals surface area contributed by atoms with Crippen molar-refractivity contribution in [2.24, 2.45) is 0 Å². The maximum atomic E-state index is 2.58. The van der Waals surface area contributed by atoms with Gasteiger partial charge in [0.2, 0.25) is 0 Å². The van der Waals surface area contributed by atoms with E-state index >= 15 is 0 Å². The van der Waals surface area contributed by atoms with Crippen molar-refractivity contribution < 1.29 is 0 Å². The molecule has 0 aromatic heterocycles. The van der Waals surface area contributed by atoms with E-state index < -0.39 is 0 Å². The number of nitrogens with zero attached hydrogens (tertiary/aromatic N) is 3. The van der Waals surface area contributed by atoms with E-state index in [1.807, 2.05) is 0 Å². The van der Waals surface area contributed by atoms with Gasteiger partial charge in [0.05, 0.1) is 0 Å². The van der Waals surface area contributed by atoms with Gasteiger partial charge in [-0.3, -0.25) is 14.7 Å². The third kappa shape index (κ3) is 4.52. The Morgan fingerprint density at radius 1 is 0.500 bits per heavy atom. The quantitative estimate of drug-likeness (QED) is 0.649. The monoisotopic (exact) mass is 257 g/mol. The van der Waals surface area contributed by atoms with E-state index in [2.05, 4.69) is 84.2 Å². The Balaban J connectivity index is 5.37. The Morgan fingerprint density at radius 3 is 0.833 bits per heavy atom. The molecule has 3 nitrogen and oxygen atoms in total. The first-order valence-corrected chi connectivity index (χ1v) is 7.32. The van der Waals surface area contributed by atoms with Gasteiger partial charge < -0.3 is 0 Å². The number of hydrogen-bond donors (Lipinski definition) is 0. The van der Waals surface area contributed by atoms with E-state index in [1.165, 1.54) is 0 Å². The van der Waals surface area contributed by atoms with Crippen molar-refractivity contribution in [2.45, 2.75) is 85.8 Å². The van der Waals surface area contributed by atoms with Crippen LogP contribution in [0.4, 0.5) is 0 Å². The van der Waals surface area contributed by atoms with Gasteiger partial charge in [-0.1, -0.05) is 0 Å². The van der Waals surface area contributed by atoms with Crippen LogP contribution < -0.4 is 0 Å². The zero-order chi connectivity index (χ0) is 14.6. The van der Waals surface area contributed by atoms with Crippen LogP contribution in [0.15, 0.2) is 0 Å². The van der Waals surface area contributed by atoms with Gasteiger partial charge in [-0.05, 0) is 69.5 Å². The first kappa shape index (κ1) is 17.9. The molecule has 0 rings (SSSR count). The second-order valence-corrected chi connectivity index (χ2v) is 6.58. The van der Waals surface area contributed by atoms with E-state index in [1.54, 1.807) is 0 Å². The van der Waals surface area contributed by atoms with Gasteiger partial charge in [0.1, 0.15) is 6.29 Å². The van der Waals surface area contributed by atoms with Gasteiger partial charge in [-0.15, -0.1) is 0 Å². The van der Waals surface area contributed by atoms with Crippen LogP contribution in [-0.2, 0) is 0 Å². The average Bonchev–Trinajstić information content (AvgIpc) is 2.13. The Hall–Kier alpha value is -0.120. The molecule has 0 unspecified atom stereocenters. The molecule has 0 spiro atoms. The lowest BCUT2D eigenvalue weighted by Gasteiger charge is -2.50. The molecule has 0 amide bonds. The molecule has 0 aromatic carbocycles. The van der Waals surface area contributed by atoms with Crippen molar-refractivity contribution in [3.05, 3.63) is 0 Å². The van der Waals surface area contributed by atoms with Gasteiger partial charge >= 0.3 is 0 Å². The molecule has 0 aliphatic rings. The fraction of sp³-hybridized carbons (Fsp3) is 1.00. The highest BCUT2D eigenvalue weighted by Gasteiger charge is 2.33.